The Bertz CT molecular complexity index is 804. The summed E-state index contributed by atoms with van der Waals surface area (Å²) in [6.45, 7) is -0.263. The van der Waals surface area contributed by atoms with Gasteiger partial charge in [0.05, 0.1) is 11.1 Å². The Morgan fingerprint density at radius 3 is 2.42 bits per heavy atom. The van der Waals surface area contributed by atoms with Gasteiger partial charge in [0.1, 0.15) is 5.75 Å². The molecule has 2 aromatic rings. The lowest BCUT2D eigenvalue weighted by Crippen LogP contribution is -2.28. The number of anilines is 1. The summed E-state index contributed by atoms with van der Waals surface area (Å²) in [4.78, 5) is 25.4. The maximum Gasteiger partial charge on any atom is 0.416 e. The molecule has 26 heavy (non-hydrogen) atoms. The first kappa shape index (κ1) is 19.3. The second-order valence-corrected chi connectivity index (χ2v) is 5.61. The predicted molar refractivity (Wildman–Crippen MR) is 90.0 cm³/mol. The monoisotopic (exact) mass is 366 g/mol. The second-order valence-electron chi connectivity index (χ2n) is 5.61. The Labute approximate surface area is 148 Å². The first-order valence-corrected chi connectivity index (χ1v) is 7.59. The highest BCUT2D eigenvalue weighted by molar-refractivity contribution is 6.06. The van der Waals surface area contributed by atoms with E-state index in [0.29, 0.717) is 0 Å². The van der Waals surface area contributed by atoms with Crippen LogP contribution < -0.4 is 10.1 Å². The lowest BCUT2D eigenvalue weighted by Gasteiger charge is -2.14. The van der Waals surface area contributed by atoms with Gasteiger partial charge in [-0.05, 0) is 30.3 Å². The summed E-state index contributed by atoms with van der Waals surface area (Å²) in [5, 5.41) is 2.41. The lowest BCUT2D eigenvalue weighted by atomic mass is 10.1. The van der Waals surface area contributed by atoms with E-state index in [0.717, 1.165) is 12.1 Å². The second kappa shape index (κ2) is 7.90. The van der Waals surface area contributed by atoms with Crippen molar-refractivity contribution in [3.63, 3.8) is 0 Å². The number of para-hydroxylation sites is 1. The van der Waals surface area contributed by atoms with Crippen molar-refractivity contribution < 1.29 is 27.5 Å². The number of likely N-dealkylation sites (N-methyl/N-ethyl adjacent to an activating group) is 1. The Morgan fingerprint density at radius 1 is 1.08 bits per heavy atom. The predicted octanol–water partition coefficient (Wildman–Crippen LogP) is 3.42. The van der Waals surface area contributed by atoms with E-state index in [2.05, 4.69) is 5.32 Å². The highest BCUT2D eigenvalue weighted by Crippen LogP contribution is 2.31. The van der Waals surface area contributed by atoms with Crippen molar-refractivity contribution in [2.45, 2.75) is 6.18 Å². The topological polar surface area (TPSA) is 58.6 Å². The van der Waals surface area contributed by atoms with Crippen molar-refractivity contribution in [3.05, 3.63) is 59.7 Å². The zero-order valence-electron chi connectivity index (χ0n) is 14.1. The number of rotatable bonds is 5. The van der Waals surface area contributed by atoms with E-state index in [9.17, 15) is 22.8 Å². The van der Waals surface area contributed by atoms with E-state index in [1.54, 1.807) is 26.2 Å². The van der Waals surface area contributed by atoms with Crippen molar-refractivity contribution in [1.82, 2.24) is 4.90 Å². The Morgan fingerprint density at radius 2 is 1.77 bits per heavy atom. The van der Waals surface area contributed by atoms with Gasteiger partial charge in [-0.3, -0.25) is 9.59 Å². The minimum Gasteiger partial charge on any atom is -0.483 e. The van der Waals surface area contributed by atoms with Gasteiger partial charge in [0.2, 0.25) is 0 Å². The molecule has 2 amide bonds. The van der Waals surface area contributed by atoms with E-state index >= 15 is 0 Å². The highest BCUT2D eigenvalue weighted by atomic mass is 19.4. The van der Waals surface area contributed by atoms with Gasteiger partial charge in [0.15, 0.2) is 6.61 Å². The number of carbonyl (C=O) groups is 2. The third kappa shape index (κ3) is 4.98. The number of carbonyl (C=O) groups excluding carboxylic acids is 2. The van der Waals surface area contributed by atoms with Crippen LogP contribution in [-0.2, 0) is 11.0 Å². The zero-order chi connectivity index (χ0) is 19.3. The molecule has 2 aromatic carbocycles. The molecule has 0 aliphatic carbocycles. The molecule has 0 aromatic heterocycles. The fourth-order valence-corrected chi connectivity index (χ4v) is 2.02. The standard InChI is InChI=1S/C18H17F3N2O3/c1-23(2)16(24)11-26-15-9-4-3-8-14(15)17(25)22-13-7-5-6-12(10-13)18(19,20)21/h3-10H,11H2,1-2H3,(H,22,25). The van der Waals surface area contributed by atoms with Gasteiger partial charge in [0, 0.05) is 19.8 Å². The number of hydrogen-bond donors (Lipinski definition) is 1. The Kier molecular flexibility index (Phi) is 5.86. The molecule has 0 aliphatic heterocycles. The summed E-state index contributed by atoms with van der Waals surface area (Å²) >= 11 is 0. The molecule has 0 spiro atoms. The lowest BCUT2D eigenvalue weighted by molar-refractivity contribution is -0.137. The normalized spacial score (nSPS) is 11.0. The first-order chi connectivity index (χ1) is 12.2. The van der Waals surface area contributed by atoms with Crippen LogP contribution in [0.1, 0.15) is 15.9 Å². The molecule has 0 saturated heterocycles. The summed E-state index contributed by atoms with van der Waals surface area (Å²) < 4.78 is 43.7. The molecule has 0 heterocycles. The van der Waals surface area contributed by atoms with E-state index in [1.807, 2.05) is 0 Å². The third-order valence-corrected chi connectivity index (χ3v) is 3.43. The van der Waals surface area contributed by atoms with Crippen LogP contribution >= 0.6 is 0 Å². The number of ether oxygens (including phenoxy) is 1. The molecule has 0 aliphatic rings. The zero-order valence-corrected chi connectivity index (χ0v) is 14.1. The molecule has 0 radical (unpaired) electrons. The summed E-state index contributed by atoms with van der Waals surface area (Å²) in [7, 11) is 3.13. The number of amides is 2. The van der Waals surface area contributed by atoms with Crippen LogP contribution in [0.15, 0.2) is 48.5 Å². The fraction of sp³-hybridized carbons (Fsp3) is 0.222. The van der Waals surface area contributed by atoms with Gasteiger partial charge >= 0.3 is 6.18 Å². The fourth-order valence-electron chi connectivity index (χ4n) is 2.02. The van der Waals surface area contributed by atoms with Gasteiger partial charge in [-0.2, -0.15) is 13.2 Å². The Balaban J connectivity index is 2.16. The molecule has 0 fully saturated rings. The number of nitrogens with zero attached hydrogens (tertiary/aromatic N) is 1. The highest BCUT2D eigenvalue weighted by Gasteiger charge is 2.30. The molecule has 1 N–H and O–H groups in total. The third-order valence-electron chi connectivity index (χ3n) is 3.43. The van der Waals surface area contributed by atoms with Crippen LogP contribution in [0, 0.1) is 0 Å². The number of halogens is 3. The number of nitrogens with one attached hydrogen (secondary N) is 1. The maximum atomic E-state index is 12.8. The number of hydrogen-bond acceptors (Lipinski definition) is 3. The van der Waals surface area contributed by atoms with Crippen LogP contribution in [0.4, 0.5) is 18.9 Å². The minimum absolute atomic E-state index is 0.00370. The molecule has 0 bridgehead atoms. The van der Waals surface area contributed by atoms with Gasteiger partial charge < -0.3 is 15.0 Å². The van der Waals surface area contributed by atoms with Crippen molar-refractivity contribution in [3.8, 4) is 5.75 Å². The molecule has 0 atom stereocenters. The summed E-state index contributed by atoms with van der Waals surface area (Å²) in [6.07, 6.45) is -4.51. The molecular formula is C18H17F3N2O3. The summed E-state index contributed by atoms with van der Waals surface area (Å²) in [5.41, 5.74) is -0.753. The van der Waals surface area contributed by atoms with Crippen LogP contribution in [-0.4, -0.2) is 37.4 Å². The first-order valence-electron chi connectivity index (χ1n) is 7.59. The van der Waals surface area contributed by atoms with Crippen molar-refractivity contribution in [1.29, 1.82) is 0 Å². The Hall–Kier alpha value is -3.03. The van der Waals surface area contributed by atoms with Gasteiger partial charge in [-0.25, -0.2) is 0 Å². The van der Waals surface area contributed by atoms with Crippen molar-refractivity contribution in [2.75, 3.05) is 26.0 Å². The number of alkyl halides is 3. The van der Waals surface area contributed by atoms with Gasteiger partial charge in [0.25, 0.3) is 11.8 Å². The average molecular weight is 366 g/mol. The van der Waals surface area contributed by atoms with Crippen LogP contribution in [0.3, 0.4) is 0 Å². The van der Waals surface area contributed by atoms with Gasteiger partial charge in [-0.15, -0.1) is 0 Å². The summed E-state index contributed by atoms with van der Waals surface area (Å²) in [6, 6.07) is 10.5. The summed E-state index contributed by atoms with van der Waals surface area (Å²) in [5.74, 6) is -0.775. The largest absolute Gasteiger partial charge is 0.483 e. The smallest absolute Gasteiger partial charge is 0.416 e. The maximum absolute atomic E-state index is 12.8. The minimum atomic E-state index is -4.51. The number of benzene rings is 2. The van der Waals surface area contributed by atoms with Gasteiger partial charge in [-0.1, -0.05) is 18.2 Å². The van der Waals surface area contributed by atoms with Crippen LogP contribution in [0.5, 0.6) is 5.75 Å². The van der Waals surface area contributed by atoms with Crippen LogP contribution in [0.2, 0.25) is 0 Å². The molecule has 8 heteroatoms. The molecule has 138 valence electrons. The molecular weight excluding hydrogens is 349 g/mol. The van der Waals surface area contributed by atoms with Crippen molar-refractivity contribution in [2.24, 2.45) is 0 Å². The molecule has 0 saturated carbocycles. The molecule has 0 unspecified atom stereocenters. The SMILES string of the molecule is CN(C)C(=O)COc1ccccc1C(=O)Nc1cccc(C(F)(F)F)c1. The van der Waals surface area contributed by atoms with E-state index in [1.165, 1.54) is 29.2 Å². The quantitative estimate of drug-likeness (QED) is 0.882. The van der Waals surface area contributed by atoms with E-state index in [4.69, 9.17) is 4.74 Å². The molecule has 5 nitrogen and oxygen atoms in total. The van der Waals surface area contributed by atoms with E-state index in [-0.39, 0.29) is 29.5 Å². The van der Waals surface area contributed by atoms with Crippen LogP contribution in [0.25, 0.3) is 0 Å². The van der Waals surface area contributed by atoms with Crippen molar-refractivity contribution >= 4 is 17.5 Å². The average Bonchev–Trinajstić information content (AvgIpc) is 2.59. The van der Waals surface area contributed by atoms with E-state index < -0.39 is 17.6 Å². The molecule has 2 rings (SSSR count).